The average Bonchev–Trinajstić information content (AvgIpc) is 3.20. The molecule has 1 aromatic carbocycles. The van der Waals surface area contributed by atoms with Gasteiger partial charge in [-0.3, -0.25) is 9.78 Å². The predicted molar refractivity (Wildman–Crippen MR) is 94.1 cm³/mol. The number of nitrogens with zero attached hydrogens (tertiary/aromatic N) is 2. The lowest BCUT2D eigenvalue weighted by molar-refractivity contribution is 0.0993. The number of carbonyl (C=O) groups excluding carboxylic acids is 1. The minimum Gasteiger partial charge on any atom is -0.307 e. The summed E-state index contributed by atoms with van der Waals surface area (Å²) in [6.45, 7) is 2.77. The van der Waals surface area contributed by atoms with Crippen LogP contribution >= 0.6 is 11.3 Å². The summed E-state index contributed by atoms with van der Waals surface area (Å²) in [5.74, 6) is 0.110. The van der Waals surface area contributed by atoms with Gasteiger partial charge in [-0.25, -0.2) is 0 Å². The van der Waals surface area contributed by atoms with Crippen LogP contribution in [0.25, 0.3) is 11.1 Å². The first-order valence-corrected chi connectivity index (χ1v) is 8.51. The average molecular weight is 320 g/mol. The molecule has 23 heavy (non-hydrogen) atoms. The van der Waals surface area contributed by atoms with Gasteiger partial charge >= 0.3 is 0 Å². The van der Waals surface area contributed by atoms with E-state index >= 15 is 0 Å². The summed E-state index contributed by atoms with van der Waals surface area (Å²) in [6, 6.07) is 12.3. The summed E-state index contributed by atoms with van der Waals surface area (Å²) in [7, 11) is 0. The molecule has 0 aliphatic carbocycles. The first-order valence-electron chi connectivity index (χ1n) is 7.63. The molecular weight excluding hydrogens is 304 g/mol. The number of anilines is 1. The maximum Gasteiger partial charge on any atom is 0.268 e. The number of pyridine rings is 1. The van der Waals surface area contributed by atoms with Crippen molar-refractivity contribution in [1.29, 1.82) is 0 Å². The van der Waals surface area contributed by atoms with Crippen LogP contribution in [-0.2, 0) is 6.42 Å². The third-order valence-electron chi connectivity index (χ3n) is 4.18. The molecule has 4 heteroatoms. The third kappa shape index (κ3) is 2.55. The van der Waals surface area contributed by atoms with Crippen molar-refractivity contribution >= 4 is 22.9 Å². The summed E-state index contributed by atoms with van der Waals surface area (Å²) in [6.07, 6.45) is 4.51. The molecule has 3 aromatic rings. The zero-order valence-corrected chi connectivity index (χ0v) is 13.6. The van der Waals surface area contributed by atoms with Crippen molar-refractivity contribution in [1.82, 2.24) is 4.98 Å². The van der Waals surface area contributed by atoms with E-state index in [1.807, 2.05) is 35.4 Å². The highest BCUT2D eigenvalue weighted by Gasteiger charge is 2.26. The van der Waals surface area contributed by atoms with Crippen molar-refractivity contribution in [2.24, 2.45) is 0 Å². The number of amides is 1. The van der Waals surface area contributed by atoms with Crippen LogP contribution in [0.1, 0.15) is 20.8 Å². The molecular formula is C19H16N2OS. The summed E-state index contributed by atoms with van der Waals surface area (Å²) in [5, 5.41) is 2.02. The van der Waals surface area contributed by atoms with Crippen LogP contribution in [0.4, 0.5) is 5.69 Å². The van der Waals surface area contributed by atoms with Gasteiger partial charge in [0.05, 0.1) is 4.88 Å². The molecule has 0 radical (unpaired) electrons. The van der Waals surface area contributed by atoms with Gasteiger partial charge in [0.25, 0.3) is 5.91 Å². The van der Waals surface area contributed by atoms with Crippen molar-refractivity contribution < 1.29 is 4.79 Å². The van der Waals surface area contributed by atoms with Crippen LogP contribution in [0.2, 0.25) is 0 Å². The minimum atomic E-state index is 0.110. The Morgan fingerprint density at radius 2 is 1.96 bits per heavy atom. The van der Waals surface area contributed by atoms with Gasteiger partial charge in [0, 0.05) is 24.6 Å². The number of aryl methyl sites for hydroxylation is 1. The first kappa shape index (κ1) is 14.2. The zero-order chi connectivity index (χ0) is 15.8. The zero-order valence-electron chi connectivity index (χ0n) is 12.8. The second-order valence-corrected chi connectivity index (χ2v) is 6.69. The lowest BCUT2D eigenvalue weighted by Crippen LogP contribution is -2.28. The van der Waals surface area contributed by atoms with Gasteiger partial charge in [-0.05, 0) is 71.3 Å². The topological polar surface area (TPSA) is 33.2 Å². The second-order valence-electron chi connectivity index (χ2n) is 5.77. The van der Waals surface area contributed by atoms with E-state index in [-0.39, 0.29) is 5.91 Å². The quantitative estimate of drug-likeness (QED) is 0.704. The molecule has 0 N–H and O–H groups in total. The van der Waals surface area contributed by atoms with E-state index in [1.54, 1.807) is 12.4 Å². The van der Waals surface area contributed by atoms with Crippen molar-refractivity contribution in [3.8, 4) is 11.1 Å². The van der Waals surface area contributed by atoms with Crippen LogP contribution in [-0.4, -0.2) is 17.4 Å². The summed E-state index contributed by atoms with van der Waals surface area (Å²) < 4.78 is 0. The Balaban J connectivity index is 1.66. The van der Waals surface area contributed by atoms with E-state index in [0.717, 1.165) is 34.7 Å². The number of rotatable bonds is 2. The number of hydrogen-bond acceptors (Lipinski definition) is 3. The van der Waals surface area contributed by atoms with Crippen LogP contribution < -0.4 is 4.90 Å². The van der Waals surface area contributed by atoms with E-state index in [2.05, 4.69) is 23.2 Å². The van der Waals surface area contributed by atoms with Gasteiger partial charge in [0.15, 0.2) is 0 Å². The molecule has 1 aliphatic rings. The molecule has 0 atom stereocenters. The van der Waals surface area contributed by atoms with Crippen LogP contribution in [0.5, 0.6) is 0 Å². The fraction of sp³-hybridized carbons (Fsp3) is 0.158. The van der Waals surface area contributed by atoms with E-state index < -0.39 is 0 Å². The Morgan fingerprint density at radius 1 is 1.13 bits per heavy atom. The van der Waals surface area contributed by atoms with Gasteiger partial charge in [0.2, 0.25) is 0 Å². The lowest BCUT2D eigenvalue weighted by atomic mass is 10.0. The predicted octanol–water partition coefficient (Wildman–Crippen LogP) is 4.32. The highest BCUT2D eigenvalue weighted by atomic mass is 32.1. The van der Waals surface area contributed by atoms with Gasteiger partial charge in [0.1, 0.15) is 0 Å². The van der Waals surface area contributed by atoms with E-state index in [1.165, 1.54) is 22.5 Å². The molecule has 0 saturated heterocycles. The molecule has 3 nitrogen and oxygen atoms in total. The number of hydrogen-bond donors (Lipinski definition) is 0. The van der Waals surface area contributed by atoms with Crippen LogP contribution in [0, 0.1) is 6.92 Å². The number of thiophene rings is 1. The maximum atomic E-state index is 12.7. The molecule has 1 amide bonds. The van der Waals surface area contributed by atoms with Crippen LogP contribution in [0.3, 0.4) is 0 Å². The third-order valence-corrected chi connectivity index (χ3v) is 5.21. The Morgan fingerprint density at radius 3 is 2.70 bits per heavy atom. The fourth-order valence-corrected chi connectivity index (χ4v) is 3.86. The SMILES string of the molecule is Cc1csc(C(=O)N2CCc3cc(-c4ccncc4)ccc32)c1. The number of carbonyl (C=O) groups is 1. The lowest BCUT2D eigenvalue weighted by Gasteiger charge is -2.16. The number of aromatic nitrogens is 1. The molecule has 0 fully saturated rings. The van der Waals surface area contributed by atoms with Gasteiger partial charge in [-0.15, -0.1) is 11.3 Å². The van der Waals surface area contributed by atoms with E-state index in [9.17, 15) is 4.79 Å². The number of benzene rings is 1. The Bertz CT molecular complexity index is 870. The van der Waals surface area contributed by atoms with Crippen molar-refractivity contribution in [2.45, 2.75) is 13.3 Å². The van der Waals surface area contributed by atoms with Crippen molar-refractivity contribution in [2.75, 3.05) is 11.4 Å². The van der Waals surface area contributed by atoms with E-state index in [0.29, 0.717) is 0 Å². The molecule has 0 saturated carbocycles. The maximum absolute atomic E-state index is 12.7. The summed E-state index contributed by atoms with van der Waals surface area (Å²) in [4.78, 5) is 19.5. The largest absolute Gasteiger partial charge is 0.307 e. The van der Waals surface area contributed by atoms with Gasteiger partial charge in [-0.1, -0.05) is 6.07 Å². The van der Waals surface area contributed by atoms with Crippen molar-refractivity contribution in [3.05, 3.63) is 70.2 Å². The normalized spacial score (nSPS) is 13.2. The van der Waals surface area contributed by atoms with Gasteiger partial charge in [-0.2, -0.15) is 0 Å². The summed E-state index contributed by atoms with van der Waals surface area (Å²) in [5.41, 5.74) is 5.75. The molecule has 0 bridgehead atoms. The Labute approximate surface area is 139 Å². The van der Waals surface area contributed by atoms with Crippen molar-refractivity contribution in [3.63, 3.8) is 0 Å². The number of fused-ring (bicyclic) bond motifs is 1. The Hall–Kier alpha value is -2.46. The monoisotopic (exact) mass is 320 g/mol. The molecule has 0 spiro atoms. The van der Waals surface area contributed by atoms with Crippen LogP contribution in [0.15, 0.2) is 54.2 Å². The highest BCUT2D eigenvalue weighted by molar-refractivity contribution is 7.12. The molecule has 0 unspecified atom stereocenters. The molecule has 4 rings (SSSR count). The smallest absolute Gasteiger partial charge is 0.268 e. The Kier molecular flexibility index (Phi) is 3.46. The summed E-state index contributed by atoms with van der Waals surface area (Å²) >= 11 is 1.52. The minimum absolute atomic E-state index is 0.110. The fourth-order valence-electron chi connectivity index (χ4n) is 3.01. The van der Waals surface area contributed by atoms with Gasteiger partial charge < -0.3 is 4.90 Å². The highest BCUT2D eigenvalue weighted by Crippen LogP contribution is 2.33. The first-order chi connectivity index (χ1) is 11.2. The standard InChI is InChI=1S/C19H16N2OS/c1-13-10-18(23-12-13)19(22)21-9-6-16-11-15(2-3-17(16)21)14-4-7-20-8-5-14/h2-5,7-8,10-12H,6,9H2,1H3. The second kappa shape index (κ2) is 5.63. The molecule has 3 heterocycles. The van der Waals surface area contributed by atoms with E-state index in [4.69, 9.17) is 0 Å². The molecule has 114 valence electrons. The molecule has 2 aromatic heterocycles. The molecule has 1 aliphatic heterocycles.